The van der Waals surface area contributed by atoms with Gasteiger partial charge in [-0.15, -0.1) is 0 Å². The van der Waals surface area contributed by atoms with Gasteiger partial charge in [0, 0.05) is 17.3 Å². The van der Waals surface area contributed by atoms with Crippen LogP contribution in [0.1, 0.15) is 55.7 Å². The van der Waals surface area contributed by atoms with E-state index in [2.05, 4.69) is 63.3 Å². The quantitative estimate of drug-likeness (QED) is 0.799. The van der Waals surface area contributed by atoms with E-state index < -0.39 is 0 Å². The summed E-state index contributed by atoms with van der Waals surface area (Å²) in [7, 11) is 0. The van der Waals surface area contributed by atoms with Gasteiger partial charge >= 0.3 is 0 Å². The Balaban J connectivity index is 1.78. The maximum atomic E-state index is 9.61. The SMILES string of the molecule is CC=CC1=C(C)C23C4=C(C(C)CC=C4)C2c2cc(CO)ccc2C13. The summed E-state index contributed by atoms with van der Waals surface area (Å²) in [6, 6.07) is 6.66. The number of hydrogen-bond acceptors (Lipinski definition) is 1. The molecule has 5 rings (SSSR count). The molecule has 0 aromatic heterocycles. The highest BCUT2D eigenvalue weighted by Gasteiger charge is 2.69. The van der Waals surface area contributed by atoms with Gasteiger partial charge in [-0.05, 0) is 54.0 Å². The lowest BCUT2D eigenvalue weighted by Crippen LogP contribution is -2.50. The summed E-state index contributed by atoms with van der Waals surface area (Å²) in [4.78, 5) is 0. The van der Waals surface area contributed by atoms with Crippen molar-refractivity contribution in [2.24, 2.45) is 11.3 Å². The normalized spacial score (nSPS) is 35.4. The fourth-order valence-corrected chi connectivity index (χ4v) is 6.06. The molecule has 0 aliphatic heterocycles. The molecule has 0 heterocycles. The lowest BCUT2D eigenvalue weighted by atomic mass is 9.41. The van der Waals surface area contributed by atoms with E-state index >= 15 is 0 Å². The topological polar surface area (TPSA) is 20.2 Å². The van der Waals surface area contributed by atoms with Crippen molar-refractivity contribution in [1.29, 1.82) is 0 Å². The van der Waals surface area contributed by atoms with E-state index in [1.807, 2.05) is 0 Å². The van der Waals surface area contributed by atoms with Crippen molar-refractivity contribution in [3.05, 3.63) is 81.5 Å². The van der Waals surface area contributed by atoms with Gasteiger partial charge in [0.05, 0.1) is 6.61 Å². The molecular weight excluding hydrogens is 292 g/mol. The van der Waals surface area contributed by atoms with Gasteiger partial charge in [-0.2, -0.15) is 0 Å². The number of rotatable bonds is 2. The lowest BCUT2D eigenvalue weighted by Gasteiger charge is -2.61. The molecular formula is C23H24O. The second-order valence-electron chi connectivity index (χ2n) is 7.84. The Morgan fingerprint density at radius 1 is 1.25 bits per heavy atom. The van der Waals surface area contributed by atoms with Crippen molar-refractivity contribution in [3.63, 3.8) is 0 Å². The summed E-state index contributed by atoms with van der Waals surface area (Å²) in [5.74, 6) is 1.69. The number of benzene rings is 1. The third-order valence-corrected chi connectivity index (χ3v) is 6.95. The van der Waals surface area contributed by atoms with Gasteiger partial charge in [-0.3, -0.25) is 0 Å². The van der Waals surface area contributed by atoms with Crippen molar-refractivity contribution in [2.75, 3.05) is 0 Å². The molecule has 0 radical (unpaired) electrons. The zero-order chi connectivity index (χ0) is 16.6. The van der Waals surface area contributed by atoms with Crippen molar-refractivity contribution in [1.82, 2.24) is 0 Å². The Morgan fingerprint density at radius 2 is 2.08 bits per heavy atom. The monoisotopic (exact) mass is 316 g/mol. The fourth-order valence-electron chi connectivity index (χ4n) is 6.06. The molecule has 0 saturated carbocycles. The molecule has 0 fully saturated rings. The molecule has 1 spiro atoms. The summed E-state index contributed by atoms with van der Waals surface area (Å²) >= 11 is 0. The van der Waals surface area contributed by atoms with Crippen LogP contribution in [0.3, 0.4) is 0 Å². The first kappa shape index (κ1) is 14.5. The largest absolute Gasteiger partial charge is 0.392 e. The minimum atomic E-state index is 0.132. The van der Waals surface area contributed by atoms with Gasteiger partial charge in [-0.25, -0.2) is 0 Å². The van der Waals surface area contributed by atoms with Crippen molar-refractivity contribution in [2.45, 2.75) is 45.6 Å². The Labute approximate surface area is 144 Å². The van der Waals surface area contributed by atoms with Gasteiger partial charge in [0.1, 0.15) is 0 Å². The van der Waals surface area contributed by atoms with E-state index in [4.69, 9.17) is 0 Å². The van der Waals surface area contributed by atoms with E-state index in [0.717, 1.165) is 12.0 Å². The number of aliphatic hydroxyl groups excluding tert-OH is 1. The molecule has 1 nitrogen and oxygen atoms in total. The molecule has 4 unspecified atom stereocenters. The molecule has 1 N–H and O–H groups in total. The highest BCUT2D eigenvalue weighted by atomic mass is 16.3. The zero-order valence-electron chi connectivity index (χ0n) is 14.6. The predicted octanol–water partition coefficient (Wildman–Crippen LogP) is 5.16. The summed E-state index contributed by atoms with van der Waals surface area (Å²) < 4.78 is 0. The van der Waals surface area contributed by atoms with E-state index in [-0.39, 0.29) is 12.0 Å². The van der Waals surface area contributed by atoms with Crippen LogP contribution in [0.15, 0.2) is 64.8 Å². The first-order valence-corrected chi connectivity index (χ1v) is 9.14. The molecule has 122 valence electrons. The van der Waals surface area contributed by atoms with Crippen LogP contribution in [0.25, 0.3) is 0 Å². The number of fused-ring (bicyclic) bond motifs is 4. The van der Waals surface area contributed by atoms with Gasteiger partial charge in [0.25, 0.3) is 0 Å². The Kier molecular flexibility index (Phi) is 2.78. The molecule has 1 aromatic rings. The number of allylic oxidation sites excluding steroid dienone is 8. The maximum absolute atomic E-state index is 9.61. The van der Waals surface area contributed by atoms with Crippen LogP contribution in [0.2, 0.25) is 0 Å². The van der Waals surface area contributed by atoms with Crippen molar-refractivity contribution in [3.8, 4) is 0 Å². The van der Waals surface area contributed by atoms with Gasteiger partial charge < -0.3 is 5.11 Å². The third-order valence-electron chi connectivity index (χ3n) is 6.95. The molecule has 0 bridgehead atoms. The highest BCUT2D eigenvalue weighted by Crippen LogP contribution is 2.80. The van der Waals surface area contributed by atoms with Gasteiger partial charge in [0.2, 0.25) is 0 Å². The van der Waals surface area contributed by atoms with Crippen molar-refractivity contribution >= 4 is 0 Å². The summed E-state index contributed by atoms with van der Waals surface area (Å²) in [5.41, 5.74) is 10.6. The molecule has 1 aromatic carbocycles. The molecule has 1 heteroatoms. The Morgan fingerprint density at radius 3 is 2.83 bits per heavy atom. The minimum Gasteiger partial charge on any atom is -0.392 e. The second-order valence-corrected chi connectivity index (χ2v) is 7.84. The Hall–Kier alpha value is -1.86. The first-order valence-electron chi connectivity index (χ1n) is 9.14. The highest BCUT2D eigenvalue weighted by molar-refractivity contribution is 5.76. The molecule has 0 saturated heterocycles. The summed E-state index contributed by atoms with van der Waals surface area (Å²) in [5, 5.41) is 9.61. The van der Waals surface area contributed by atoms with Gasteiger partial charge in [-0.1, -0.05) is 60.6 Å². The maximum Gasteiger partial charge on any atom is 0.0681 e. The molecule has 4 atom stereocenters. The fraction of sp³-hybridized carbons (Fsp3) is 0.391. The lowest BCUT2D eigenvalue weighted by molar-refractivity contribution is 0.246. The van der Waals surface area contributed by atoms with Crippen LogP contribution >= 0.6 is 0 Å². The van der Waals surface area contributed by atoms with E-state index in [9.17, 15) is 5.11 Å². The molecule has 4 aliphatic carbocycles. The van der Waals surface area contributed by atoms with Crippen LogP contribution in [0.5, 0.6) is 0 Å². The van der Waals surface area contributed by atoms with Crippen LogP contribution in [-0.4, -0.2) is 5.11 Å². The average Bonchev–Trinajstić information content (AvgIpc) is 2.79. The summed E-state index contributed by atoms with van der Waals surface area (Å²) in [6.07, 6.45) is 10.4. The standard InChI is InChI=1S/C23H24O/c1-4-6-16-14(3)23-19-8-5-7-13(2)20(19)22(23)18-11-15(12-24)9-10-17(18)21(16)23/h4-6,8-11,13,21-22,24H,7,12H2,1-3H3. The molecule has 24 heavy (non-hydrogen) atoms. The van der Waals surface area contributed by atoms with E-state index in [0.29, 0.717) is 17.8 Å². The molecule has 0 amide bonds. The van der Waals surface area contributed by atoms with Crippen LogP contribution in [0.4, 0.5) is 0 Å². The average molecular weight is 316 g/mol. The van der Waals surface area contributed by atoms with Crippen LogP contribution in [0, 0.1) is 11.3 Å². The van der Waals surface area contributed by atoms with Crippen LogP contribution < -0.4 is 0 Å². The van der Waals surface area contributed by atoms with E-state index in [1.54, 1.807) is 16.7 Å². The predicted molar refractivity (Wildman–Crippen MR) is 97.7 cm³/mol. The summed E-state index contributed by atoms with van der Waals surface area (Å²) in [6.45, 7) is 6.96. The Bertz CT molecular complexity index is 879. The second kappa shape index (κ2) is 4.61. The smallest absolute Gasteiger partial charge is 0.0681 e. The van der Waals surface area contributed by atoms with Gasteiger partial charge in [0.15, 0.2) is 0 Å². The minimum absolute atomic E-state index is 0.132. The van der Waals surface area contributed by atoms with Crippen molar-refractivity contribution < 1.29 is 5.11 Å². The number of hydrogen-bond donors (Lipinski definition) is 1. The first-order chi connectivity index (χ1) is 11.7. The third kappa shape index (κ3) is 1.34. The molecule has 4 aliphatic rings. The van der Waals surface area contributed by atoms with E-state index in [1.165, 1.54) is 16.7 Å². The number of aliphatic hydroxyl groups is 1. The van der Waals surface area contributed by atoms with Crippen LogP contribution in [-0.2, 0) is 6.61 Å². The zero-order valence-corrected chi connectivity index (χ0v) is 14.6.